The second kappa shape index (κ2) is 6.45. The second-order valence-electron chi connectivity index (χ2n) is 7.02. The van der Waals surface area contributed by atoms with Crippen LogP contribution in [0.25, 0.3) is 0 Å². The van der Waals surface area contributed by atoms with Crippen LogP contribution in [0.4, 0.5) is 0 Å². The zero-order valence-corrected chi connectivity index (χ0v) is 13.7. The highest BCUT2D eigenvalue weighted by molar-refractivity contribution is 7.80. The number of hydrogen-bond acceptors (Lipinski definition) is 2. The van der Waals surface area contributed by atoms with Crippen LogP contribution in [0, 0.1) is 17.8 Å². The van der Waals surface area contributed by atoms with E-state index in [2.05, 4.69) is 36.2 Å². The highest BCUT2D eigenvalue weighted by Gasteiger charge is 2.39. The zero-order valence-electron chi connectivity index (χ0n) is 12.9. The van der Waals surface area contributed by atoms with Crippen molar-refractivity contribution in [3.8, 4) is 0 Å². The van der Waals surface area contributed by atoms with Crippen molar-refractivity contribution in [1.82, 2.24) is 4.90 Å². The molecule has 0 spiro atoms. The summed E-state index contributed by atoms with van der Waals surface area (Å²) in [5, 5.41) is 0. The Morgan fingerprint density at radius 2 is 2.05 bits per heavy atom. The van der Waals surface area contributed by atoms with Crippen LogP contribution >= 0.6 is 12.2 Å². The van der Waals surface area contributed by atoms with Gasteiger partial charge >= 0.3 is 0 Å². The average Bonchev–Trinajstić information content (AvgIpc) is 3.08. The molecule has 3 heteroatoms. The van der Waals surface area contributed by atoms with E-state index in [1.165, 1.54) is 37.8 Å². The maximum atomic E-state index is 5.99. The molecule has 0 saturated heterocycles. The summed E-state index contributed by atoms with van der Waals surface area (Å²) < 4.78 is 0. The summed E-state index contributed by atoms with van der Waals surface area (Å²) in [7, 11) is 2.22. The molecular weight excluding hydrogens is 276 g/mol. The summed E-state index contributed by atoms with van der Waals surface area (Å²) >= 11 is 5.30. The fourth-order valence-electron chi connectivity index (χ4n) is 4.43. The molecule has 4 atom stereocenters. The van der Waals surface area contributed by atoms with E-state index in [0.717, 1.165) is 24.3 Å². The van der Waals surface area contributed by atoms with Gasteiger partial charge in [0.2, 0.25) is 0 Å². The van der Waals surface area contributed by atoms with Crippen LogP contribution < -0.4 is 5.73 Å². The first-order valence-electron chi connectivity index (χ1n) is 8.16. The van der Waals surface area contributed by atoms with Gasteiger partial charge in [-0.3, -0.25) is 0 Å². The van der Waals surface area contributed by atoms with Gasteiger partial charge in [-0.25, -0.2) is 0 Å². The SMILES string of the molecule is CN(CC(C(N)=S)c1ccccc1)CC1CC2CCC1C2. The molecule has 1 aromatic rings. The molecule has 0 aromatic heterocycles. The third-order valence-corrected chi connectivity index (χ3v) is 5.75. The molecule has 2 bridgehead atoms. The molecular formula is C18H26N2S. The van der Waals surface area contributed by atoms with Crippen molar-refractivity contribution < 1.29 is 0 Å². The third kappa shape index (κ3) is 3.46. The predicted molar refractivity (Wildman–Crippen MR) is 92.4 cm³/mol. The third-order valence-electron chi connectivity index (χ3n) is 5.47. The van der Waals surface area contributed by atoms with E-state index >= 15 is 0 Å². The van der Waals surface area contributed by atoms with E-state index in [9.17, 15) is 0 Å². The monoisotopic (exact) mass is 302 g/mol. The first kappa shape index (κ1) is 15.0. The molecule has 0 aliphatic heterocycles. The van der Waals surface area contributed by atoms with Gasteiger partial charge in [0.15, 0.2) is 0 Å². The van der Waals surface area contributed by atoms with Crippen LogP contribution in [0.2, 0.25) is 0 Å². The Morgan fingerprint density at radius 3 is 2.62 bits per heavy atom. The van der Waals surface area contributed by atoms with Gasteiger partial charge in [0.05, 0.1) is 4.99 Å². The summed E-state index contributed by atoms with van der Waals surface area (Å²) in [5.41, 5.74) is 7.23. The highest BCUT2D eigenvalue weighted by atomic mass is 32.1. The lowest BCUT2D eigenvalue weighted by Gasteiger charge is -2.29. The predicted octanol–water partition coefficient (Wildman–Crippen LogP) is 3.42. The fraction of sp³-hybridized carbons (Fsp3) is 0.611. The quantitative estimate of drug-likeness (QED) is 0.816. The first-order chi connectivity index (χ1) is 10.1. The molecule has 4 unspecified atom stereocenters. The van der Waals surface area contributed by atoms with Gasteiger partial charge in [-0.05, 0) is 49.6 Å². The number of rotatable bonds is 6. The van der Waals surface area contributed by atoms with Gasteiger partial charge in [-0.2, -0.15) is 0 Å². The van der Waals surface area contributed by atoms with Gasteiger partial charge < -0.3 is 10.6 Å². The Balaban J connectivity index is 1.59. The van der Waals surface area contributed by atoms with E-state index < -0.39 is 0 Å². The Kier molecular flexibility index (Phi) is 4.60. The van der Waals surface area contributed by atoms with Crippen molar-refractivity contribution in [3.05, 3.63) is 35.9 Å². The summed E-state index contributed by atoms with van der Waals surface area (Å²) in [5.74, 6) is 3.08. The number of hydrogen-bond donors (Lipinski definition) is 1. The fourth-order valence-corrected chi connectivity index (χ4v) is 4.64. The van der Waals surface area contributed by atoms with Crippen molar-refractivity contribution in [2.75, 3.05) is 20.1 Å². The molecule has 2 aliphatic carbocycles. The van der Waals surface area contributed by atoms with Gasteiger partial charge in [-0.1, -0.05) is 49.0 Å². The molecule has 2 nitrogen and oxygen atoms in total. The van der Waals surface area contributed by atoms with Crippen LogP contribution in [0.15, 0.2) is 30.3 Å². The molecule has 21 heavy (non-hydrogen) atoms. The standard InChI is InChI=1S/C18H26N2S/c1-20(11-16-10-13-7-8-15(16)9-13)12-17(18(19)21)14-5-3-2-4-6-14/h2-6,13,15-17H,7-12H2,1H3,(H2,19,21). The molecule has 2 saturated carbocycles. The number of likely N-dealkylation sites (N-methyl/N-ethyl adjacent to an activating group) is 1. The molecule has 1 aromatic carbocycles. The van der Waals surface area contributed by atoms with Crippen molar-refractivity contribution >= 4 is 17.2 Å². The van der Waals surface area contributed by atoms with Crippen LogP contribution in [0.5, 0.6) is 0 Å². The highest BCUT2D eigenvalue weighted by Crippen LogP contribution is 2.48. The molecule has 2 fully saturated rings. The van der Waals surface area contributed by atoms with Crippen molar-refractivity contribution in [2.45, 2.75) is 31.6 Å². The lowest BCUT2D eigenvalue weighted by molar-refractivity contribution is 0.218. The molecule has 0 heterocycles. The summed E-state index contributed by atoms with van der Waals surface area (Å²) in [6.07, 6.45) is 5.86. The Morgan fingerprint density at radius 1 is 1.29 bits per heavy atom. The maximum absolute atomic E-state index is 5.99. The largest absolute Gasteiger partial charge is 0.393 e. The van der Waals surface area contributed by atoms with Crippen LogP contribution in [-0.2, 0) is 0 Å². The normalized spacial score (nSPS) is 29.0. The molecule has 2 N–H and O–H groups in total. The topological polar surface area (TPSA) is 29.3 Å². The Hall–Kier alpha value is -0.930. The Labute approximate surface area is 133 Å². The minimum Gasteiger partial charge on any atom is -0.393 e. The van der Waals surface area contributed by atoms with Crippen LogP contribution in [0.1, 0.15) is 37.2 Å². The molecule has 2 aliphatic rings. The second-order valence-corrected chi connectivity index (χ2v) is 7.49. The van der Waals surface area contributed by atoms with Crippen molar-refractivity contribution in [2.24, 2.45) is 23.5 Å². The van der Waals surface area contributed by atoms with E-state index in [1.807, 2.05) is 6.07 Å². The van der Waals surface area contributed by atoms with Crippen molar-refractivity contribution in [3.63, 3.8) is 0 Å². The summed E-state index contributed by atoms with van der Waals surface area (Å²) in [6.45, 7) is 2.14. The summed E-state index contributed by atoms with van der Waals surface area (Å²) in [6, 6.07) is 10.4. The number of nitrogens with zero attached hydrogens (tertiary/aromatic N) is 1. The summed E-state index contributed by atoms with van der Waals surface area (Å²) in [4.78, 5) is 3.06. The van der Waals surface area contributed by atoms with Gasteiger partial charge in [0, 0.05) is 19.0 Å². The zero-order chi connectivity index (χ0) is 14.8. The Bertz CT molecular complexity index is 487. The molecule has 114 valence electrons. The molecule has 0 radical (unpaired) electrons. The molecule has 3 rings (SSSR count). The van der Waals surface area contributed by atoms with Crippen molar-refractivity contribution in [1.29, 1.82) is 0 Å². The van der Waals surface area contributed by atoms with E-state index in [-0.39, 0.29) is 5.92 Å². The van der Waals surface area contributed by atoms with Gasteiger partial charge in [0.25, 0.3) is 0 Å². The van der Waals surface area contributed by atoms with Gasteiger partial charge in [0.1, 0.15) is 0 Å². The first-order valence-corrected chi connectivity index (χ1v) is 8.57. The number of thiocarbonyl (C=S) groups is 1. The van der Waals surface area contributed by atoms with Crippen LogP contribution in [-0.4, -0.2) is 30.0 Å². The van der Waals surface area contributed by atoms with E-state index in [4.69, 9.17) is 18.0 Å². The lowest BCUT2D eigenvalue weighted by Crippen LogP contribution is -2.35. The number of nitrogens with two attached hydrogens (primary N) is 1. The number of benzene rings is 1. The average molecular weight is 302 g/mol. The lowest BCUT2D eigenvalue weighted by atomic mass is 9.88. The minimum atomic E-state index is 0.171. The smallest absolute Gasteiger partial charge is 0.0816 e. The maximum Gasteiger partial charge on any atom is 0.0816 e. The van der Waals surface area contributed by atoms with Gasteiger partial charge in [-0.15, -0.1) is 0 Å². The number of fused-ring (bicyclic) bond motifs is 2. The minimum absolute atomic E-state index is 0.171. The molecule has 0 amide bonds. The van der Waals surface area contributed by atoms with E-state index in [1.54, 1.807) is 0 Å². The van der Waals surface area contributed by atoms with E-state index in [0.29, 0.717) is 4.99 Å². The van der Waals surface area contributed by atoms with Crippen LogP contribution in [0.3, 0.4) is 0 Å².